The summed E-state index contributed by atoms with van der Waals surface area (Å²) in [6.45, 7) is 13.6. The van der Waals surface area contributed by atoms with E-state index >= 15 is 0 Å². The minimum Gasteiger partial charge on any atom is -0.376 e. The van der Waals surface area contributed by atoms with Gasteiger partial charge in [-0.2, -0.15) is 0 Å². The van der Waals surface area contributed by atoms with Crippen molar-refractivity contribution in [2.45, 2.75) is 72.0 Å². The Hall–Kier alpha value is -0.120. The van der Waals surface area contributed by atoms with Crippen LogP contribution in [0.2, 0.25) is 0 Å². The van der Waals surface area contributed by atoms with Gasteiger partial charge in [-0.05, 0) is 57.9 Å². The summed E-state index contributed by atoms with van der Waals surface area (Å²) in [5.41, 5.74) is 0.448. The first-order valence-electron chi connectivity index (χ1n) is 8.19. The first-order chi connectivity index (χ1) is 9.29. The van der Waals surface area contributed by atoms with Gasteiger partial charge in [-0.1, -0.05) is 20.8 Å². The topological polar surface area (TPSA) is 30.5 Å². The van der Waals surface area contributed by atoms with Gasteiger partial charge in [-0.15, -0.1) is 0 Å². The predicted molar refractivity (Wildman–Crippen MR) is 85.1 cm³/mol. The van der Waals surface area contributed by atoms with Crippen molar-refractivity contribution < 1.29 is 9.47 Å². The summed E-state index contributed by atoms with van der Waals surface area (Å²) in [6, 6.07) is 0. The van der Waals surface area contributed by atoms with Gasteiger partial charge < -0.3 is 14.8 Å². The summed E-state index contributed by atoms with van der Waals surface area (Å²) in [6.07, 6.45) is 5.16. The van der Waals surface area contributed by atoms with E-state index in [2.05, 4.69) is 39.9 Å². The zero-order valence-corrected chi connectivity index (χ0v) is 14.4. The van der Waals surface area contributed by atoms with Gasteiger partial charge in [0, 0.05) is 6.54 Å². The average Bonchev–Trinajstić information content (AvgIpc) is 2.34. The summed E-state index contributed by atoms with van der Waals surface area (Å²) in [5.74, 6) is 0.822. The molecule has 0 aliphatic heterocycles. The summed E-state index contributed by atoms with van der Waals surface area (Å²) < 4.78 is 11.8. The second-order valence-electron chi connectivity index (χ2n) is 7.62. The van der Waals surface area contributed by atoms with E-state index < -0.39 is 0 Å². The van der Waals surface area contributed by atoms with E-state index in [1.54, 1.807) is 0 Å². The minimum absolute atomic E-state index is 0.0246. The van der Waals surface area contributed by atoms with Crippen LogP contribution in [0.5, 0.6) is 0 Å². The number of ether oxygens (including phenoxy) is 2. The Labute approximate surface area is 125 Å². The second kappa shape index (κ2) is 7.77. The van der Waals surface area contributed by atoms with Crippen molar-refractivity contribution in [2.24, 2.45) is 11.3 Å². The molecule has 1 saturated carbocycles. The summed E-state index contributed by atoms with van der Waals surface area (Å²) >= 11 is 0. The Balaban J connectivity index is 2.45. The van der Waals surface area contributed by atoms with Crippen molar-refractivity contribution in [3.05, 3.63) is 0 Å². The first-order valence-corrected chi connectivity index (χ1v) is 8.19. The lowest BCUT2D eigenvalue weighted by Crippen LogP contribution is -2.47. The van der Waals surface area contributed by atoms with Crippen molar-refractivity contribution >= 4 is 0 Å². The normalized spacial score (nSPS) is 28.1. The molecule has 0 saturated heterocycles. The maximum absolute atomic E-state index is 6.23. The van der Waals surface area contributed by atoms with Crippen LogP contribution in [0.25, 0.3) is 0 Å². The monoisotopic (exact) mass is 285 g/mol. The third-order valence-electron chi connectivity index (χ3n) is 4.56. The molecule has 0 spiro atoms. The highest BCUT2D eigenvalue weighted by Crippen LogP contribution is 2.42. The molecule has 3 heteroatoms. The number of rotatable bonds is 7. The van der Waals surface area contributed by atoms with Crippen LogP contribution < -0.4 is 5.32 Å². The first kappa shape index (κ1) is 17.9. The van der Waals surface area contributed by atoms with Crippen molar-refractivity contribution in [1.29, 1.82) is 0 Å². The number of nitrogens with one attached hydrogen (secondary N) is 1. The molecule has 0 unspecified atom stereocenters. The number of hydrogen-bond acceptors (Lipinski definition) is 3. The molecule has 20 heavy (non-hydrogen) atoms. The summed E-state index contributed by atoms with van der Waals surface area (Å²) in [7, 11) is 2.02. The molecule has 120 valence electrons. The van der Waals surface area contributed by atoms with Crippen LogP contribution in [-0.4, -0.2) is 38.5 Å². The van der Waals surface area contributed by atoms with E-state index in [0.29, 0.717) is 18.6 Å². The van der Waals surface area contributed by atoms with Gasteiger partial charge in [-0.3, -0.25) is 0 Å². The molecule has 0 bridgehead atoms. The Morgan fingerprint density at radius 1 is 1.15 bits per heavy atom. The smallest absolute Gasteiger partial charge is 0.0807 e. The Morgan fingerprint density at radius 3 is 2.20 bits per heavy atom. The molecule has 0 aromatic heterocycles. The van der Waals surface area contributed by atoms with E-state index in [1.165, 1.54) is 12.8 Å². The van der Waals surface area contributed by atoms with E-state index in [1.807, 2.05) is 7.05 Å². The van der Waals surface area contributed by atoms with Gasteiger partial charge in [0.25, 0.3) is 0 Å². The molecule has 0 radical (unpaired) electrons. The van der Waals surface area contributed by atoms with Crippen LogP contribution in [-0.2, 0) is 9.47 Å². The van der Waals surface area contributed by atoms with E-state index in [-0.39, 0.29) is 11.7 Å². The molecular weight excluding hydrogens is 250 g/mol. The van der Waals surface area contributed by atoms with Crippen molar-refractivity contribution in [2.75, 3.05) is 26.8 Å². The highest BCUT2D eigenvalue weighted by molar-refractivity contribution is 4.91. The Kier molecular flexibility index (Phi) is 6.96. The Morgan fingerprint density at radius 2 is 1.75 bits per heavy atom. The van der Waals surface area contributed by atoms with Gasteiger partial charge >= 0.3 is 0 Å². The largest absolute Gasteiger partial charge is 0.376 e. The molecule has 0 amide bonds. The molecule has 1 aliphatic rings. The summed E-state index contributed by atoms with van der Waals surface area (Å²) in [5, 5.41) is 3.32. The van der Waals surface area contributed by atoms with Crippen LogP contribution in [0, 0.1) is 11.3 Å². The summed E-state index contributed by atoms with van der Waals surface area (Å²) in [4.78, 5) is 0. The van der Waals surface area contributed by atoms with Gasteiger partial charge in [-0.25, -0.2) is 0 Å². The lowest BCUT2D eigenvalue weighted by atomic mass is 9.68. The van der Waals surface area contributed by atoms with Crippen LogP contribution >= 0.6 is 0 Å². The Bertz CT molecular complexity index is 263. The molecular formula is C17H35NO2. The van der Waals surface area contributed by atoms with Crippen LogP contribution in [0.1, 0.15) is 60.3 Å². The fourth-order valence-electron chi connectivity index (χ4n) is 3.25. The lowest BCUT2D eigenvalue weighted by molar-refractivity contribution is -0.103. The van der Waals surface area contributed by atoms with Gasteiger partial charge in [0.15, 0.2) is 0 Å². The third-order valence-corrected chi connectivity index (χ3v) is 4.56. The molecule has 0 atom stereocenters. The maximum atomic E-state index is 6.23. The number of hydrogen-bond donors (Lipinski definition) is 1. The van der Waals surface area contributed by atoms with Gasteiger partial charge in [0.05, 0.1) is 24.9 Å². The fraction of sp³-hybridized carbons (Fsp3) is 1.00. The molecule has 0 aromatic carbocycles. The second-order valence-corrected chi connectivity index (χ2v) is 7.62. The molecule has 1 N–H and O–H groups in total. The SMILES string of the molecule is CNCC1(OCCOC(C)C)CCC(C(C)(C)C)CC1. The van der Waals surface area contributed by atoms with E-state index in [4.69, 9.17) is 9.47 Å². The minimum atomic E-state index is 0.0246. The fourth-order valence-corrected chi connectivity index (χ4v) is 3.25. The average molecular weight is 285 g/mol. The van der Waals surface area contributed by atoms with Crippen molar-refractivity contribution in [1.82, 2.24) is 5.32 Å². The third kappa shape index (κ3) is 5.71. The highest BCUT2D eigenvalue weighted by atomic mass is 16.5. The van der Waals surface area contributed by atoms with Crippen LogP contribution in [0.15, 0.2) is 0 Å². The molecule has 0 heterocycles. The molecule has 0 aromatic rings. The van der Waals surface area contributed by atoms with E-state index in [9.17, 15) is 0 Å². The van der Waals surface area contributed by atoms with Gasteiger partial charge in [0.2, 0.25) is 0 Å². The molecule has 1 aliphatic carbocycles. The number of likely N-dealkylation sites (N-methyl/N-ethyl adjacent to an activating group) is 1. The zero-order chi connectivity index (χ0) is 15.2. The molecule has 1 rings (SSSR count). The standard InChI is InChI=1S/C17H35NO2/c1-14(2)19-11-12-20-17(13-18-6)9-7-15(8-10-17)16(3,4)5/h14-15,18H,7-13H2,1-6H3. The molecule has 3 nitrogen and oxygen atoms in total. The predicted octanol–water partition coefficient (Wildman–Crippen LogP) is 3.62. The lowest BCUT2D eigenvalue weighted by Gasteiger charge is -2.44. The van der Waals surface area contributed by atoms with Crippen molar-refractivity contribution in [3.8, 4) is 0 Å². The van der Waals surface area contributed by atoms with Crippen LogP contribution in [0.3, 0.4) is 0 Å². The van der Waals surface area contributed by atoms with Gasteiger partial charge in [0.1, 0.15) is 0 Å². The quantitative estimate of drug-likeness (QED) is 0.725. The zero-order valence-electron chi connectivity index (χ0n) is 14.4. The molecule has 1 fully saturated rings. The highest BCUT2D eigenvalue weighted by Gasteiger charge is 2.39. The van der Waals surface area contributed by atoms with Crippen LogP contribution in [0.4, 0.5) is 0 Å². The maximum Gasteiger partial charge on any atom is 0.0807 e. The van der Waals surface area contributed by atoms with E-state index in [0.717, 1.165) is 25.3 Å². The van der Waals surface area contributed by atoms with Crippen molar-refractivity contribution in [3.63, 3.8) is 0 Å².